The summed E-state index contributed by atoms with van der Waals surface area (Å²) in [7, 11) is 0. The SMILES string of the molecule is Cc1cccc(NC(=O)COC(=O)c2cccc(N3C(=O)[C@H]4CC=CC[C@@H]4C3=O)c2)c1. The van der Waals surface area contributed by atoms with Crippen LogP contribution in [0.25, 0.3) is 0 Å². The lowest BCUT2D eigenvalue weighted by molar-refractivity contribution is -0.122. The zero-order valence-corrected chi connectivity index (χ0v) is 17.0. The molecule has 0 unspecified atom stereocenters. The lowest BCUT2D eigenvalue weighted by Gasteiger charge is -2.15. The molecule has 2 aromatic carbocycles. The highest BCUT2D eigenvalue weighted by molar-refractivity contribution is 6.22. The minimum absolute atomic E-state index is 0.162. The summed E-state index contributed by atoms with van der Waals surface area (Å²) >= 11 is 0. The first-order valence-corrected chi connectivity index (χ1v) is 10.1. The number of aryl methyl sites for hydroxylation is 1. The number of benzene rings is 2. The van der Waals surface area contributed by atoms with Gasteiger partial charge in [0.25, 0.3) is 5.91 Å². The fraction of sp³-hybridized carbons (Fsp3) is 0.250. The third-order valence-corrected chi connectivity index (χ3v) is 5.48. The molecule has 4 rings (SSSR count). The Morgan fingerprint density at radius 2 is 1.68 bits per heavy atom. The summed E-state index contributed by atoms with van der Waals surface area (Å²) in [4.78, 5) is 51.2. The van der Waals surface area contributed by atoms with Crippen LogP contribution in [-0.4, -0.2) is 30.3 Å². The molecular weight excluding hydrogens is 396 g/mol. The third-order valence-electron chi connectivity index (χ3n) is 5.48. The van der Waals surface area contributed by atoms with Crippen molar-refractivity contribution in [3.05, 3.63) is 71.8 Å². The van der Waals surface area contributed by atoms with E-state index in [1.54, 1.807) is 24.3 Å². The van der Waals surface area contributed by atoms with Gasteiger partial charge in [0.05, 0.1) is 23.1 Å². The Balaban J connectivity index is 1.41. The molecule has 1 aliphatic heterocycles. The number of ether oxygens (including phenoxy) is 1. The van der Waals surface area contributed by atoms with Crippen molar-refractivity contribution in [2.75, 3.05) is 16.8 Å². The summed E-state index contributed by atoms with van der Waals surface area (Å²) in [5.74, 6) is -2.36. The standard InChI is InChI=1S/C24H22N2O5/c1-15-6-4-8-17(12-15)25-21(27)14-31-24(30)16-7-5-9-18(13-16)26-22(28)19-10-2-3-11-20(19)23(26)29/h2-9,12-13,19-20H,10-11,14H2,1H3,(H,25,27)/t19-,20-/m0/s1. The predicted molar refractivity (Wildman–Crippen MR) is 114 cm³/mol. The number of allylic oxidation sites excluding steroid dienone is 2. The molecule has 1 saturated heterocycles. The number of nitrogens with one attached hydrogen (secondary N) is 1. The van der Waals surface area contributed by atoms with E-state index in [2.05, 4.69) is 5.32 Å². The quantitative estimate of drug-likeness (QED) is 0.457. The van der Waals surface area contributed by atoms with Crippen LogP contribution in [-0.2, 0) is 19.1 Å². The highest BCUT2D eigenvalue weighted by Crippen LogP contribution is 2.37. The van der Waals surface area contributed by atoms with Gasteiger partial charge in [-0.1, -0.05) is 30.4 Å². The van der Waals surface area contributed by atoms with Gasteiger partial charge in [-0.25, -0.2) is 4.79 Å². The first kappa shape index (κ1) is 20.5. The highest BCUT2D eigenvalue weighted by Gasteiger charge is 2.47. The molecule has 1 aliphatic carbocycles. The Bertz CT molecular complexity index is 1060. The fourth-order valence-electron chi connectivity index (χ4n) is 3.96. The van der Waals surface area contributed by atoms with Crippen molar-refractivity contribution in [2.24, 2.45) is 11.8 Å². The van der Waals surface area contributed by atoms with Crippen molar-refractivity contribution < 1.29 is 23.9 Å². The topological polar surface area (TPSA) is 92.8 Å². The maximum Gasteiger partial charge on any atom is 0.338 e. The number of hydrogen-bond donors (Lipinski definition) is 1. The monoisotopic (exact) mass is 418 g/mol. The summed E-state index contributed by atoms with van der Waals surface area (Å²) in [6.07, 6.45) is 4.93. The number of rotatable bonds is 5. The normalized spacial score (nSPS) is 19.8. The number of carbonyl (C=O) groups excluding carboxylic acids is 4. The van der Waals surface area contributed by atoms with Gasteiger partial charge in [-0.15, -0.1) is 0 Å². The Morgan fingerprint density at radius 3 is 2.35 bits per heavy atom. The number of hydrogen-bond acceptors (Lipinski definition) is 5. The maximum atomic E-state index is 12.7. The van der Waals surface area contributed by atoms with Gasteiger partial charge in [-0.3, -0.25) is 19.3 Å². The van der Waals surface area contributed by atoms with E-state index >= 15 is 0 Å². The van der Waals surface area contributed by atoms with Gasteiger partial charge in [0, 0.05) is 5.69 Å². The van der Waals surface area contributed by atoms with Crippen LogP contribution < -0.4 is 10.2 Å². The van der Waals surface area contributed by atoms with Gasteiger partial charge >= 0.3 is 5.97 Å². The lowest BCUT2D eigenvalue weighted by Crippen LogP contribution is -2.31. The Morgan fingerprint density at radius 1 is 1.00 bits per heavy atom. The molecule has 0 spiro atoms. The molecule has 3 amide bonds. The van der Waals surface area contributed by atoms with Crippen LogP contribution in [0, 0.1) is 18.8 Å². The summed E-state index contributed by atoms with van der Waals surface area (Å²) in [5, 5.41) is 2.67. The molecule has 1 N–H and O–H groups in total. The van der Waals surface area contributed by atoms with Crippen LogP contribution in [0.15, 0.2) is 60.7 Å². The van der Waals surface area contributed by atoms with E-state index in [9.17, 15) is 19.2 Å². The van der Waals surface area contributed by atoms with Crippen LogP contribution >= 0.6 is 0 Å². The number of esters is 1. The fourth-order valence-corrected chi connectivity index (χ4v) is 3.96. The Labute approximate surface area is 179 Å². The zero-order chi connectivity index (χ0) is 22.0. The first-order valence-electron chi connectivity index (χ1n) is 10.1. The second-order valence-corrected chi connectivity index (χ2v) is 7.71. The van der Waals surface area contributed by atoms with Crippen molar-refractivity contribution in [3.8, 4) is 0 Å². The van der Waals surface area contributed by atoms with Crippen LogP contribution in [0.4, 0.5) is 11.4 Å². The van der Waals surface area contributed by atoms with Crippen LogP contribution in [0.1, 0.15) is 28.8 Å². The zero-order valence-electron chi connectivity index (χ0n) is 17.0. The molecule has 0 bridgehead atoms. The molecule has 2 atom stereocenters. The average molecular weight is 418 g/mol. The molecule has 0 radical (unpaired) electrons. The molecule has 2 aliphatic rings. The number of imide groups is 1. The van der Waals surface area contributed by atoms with Crippen molar-refractivity contribution >= 4 is 35.1 Å². The van der Waals surface area contributed by atoms with Crippen molar-refractivity contribution in [1.29, 1.82) is 0 Å². The van der Waals surface area contributed by atoms with E-state index in [1.807, 2.05) is 31.2 Å². The highest BCUT2D eigenvalue weighted by atomic mass is 16.5. The Hall–Kier alpha value is -3.74. The van der Waals surface area contributed by atoms with E-state index < -0.39 is 18.5 Å². The van der Waals surface area contributed by atoms with Crippen LogP contribution in [0.3, 0.4) is 0 Å². The first-order chi connectivity index (χ1) is 14.9. The molecule has 0 saturated carbocycles. The van der Waals surface area contributed by atoms with E-state index in [4.69, 9.17) is 4.74 Å². The maximum absolute atomic E-state index is 12.7. The number of fused-ring (bicyclic) bond motifs is 1. The summed E-state index contributed by atoms with van der Waals surface area (Å²) in [5.41, 5.74) is 2.11. The average Bonchev–Trinajstić information content (AvgIpc) is 3.02. The van der Waals surface area contributed by atoms with E-state index in [0.717, 1.165) is 10.5 Å². The predicted octanol–water partition coefficient (Wildman–Crippen LogP) is 3.25. The van der Waals surface area contributed by atoms with Crippen LogP contribution in [0.2, 0.25) is 0 Å². The number of amides is 3. The molecule has 1 fully saturated rings. The second kappa shape index (κ2) is 8.55. The van der Waals surface area contributed by atoms with Gasteiger partial charge in [0.2, 0.25) is 11.8 Å². The molecule has 158 valence electrons. The molecule has 7 nitrogen and oxygen atoms in total. The van der Waals surface area contributed by atoms with Crippen molar-refractivity contribution in [1.82, 2.24) is 0 Å². The minimum Gasteiger partial charge on any atom is -0.452 e. The smallest absolute Gasteiger partial charge is 0.338 e. The van der Waals surface area contributed by atoms with E-state index in [-0.39, 0.29) is 29.2 Å². The summed E-state index contributed by atoms with van der Waals surface area (Å²) in [6.45, 7) is 1.46. The van der Waals surface area contributed by atoms with E-state index in [1.165, 1.54) is 12.1 Å². The third kappa shape index (κ3) is 4.26. The number of nitrogens with zero attached hydrogens (tertiary/aromatic N) is 1. The van der Waals surface area contributed by atoms with Gasteiger partial charge in [-0.2, -0.15) is 0 Å². The molecule has 1 heterocycles. The lowest BCUT2D eigenvalue weighted by atomic mass is 9.85. The van der Waals surface area contributed by atoms with Gasteiger partial charge in [0.15, 0.2) is 6.61 Å². The summed E-state index contributed by atoms with van der Waals surface area (Å²) in [6, 6.07) is 13.4. The second-order valence-electron chi connectivity index (χ2n) is 7.71. The van der Waals surface area contributed by atoms with Crippen molar-refractivity contribution in [2.45, 2.75) is 19.8 Å². The van der Waals surface area contributed by atoms with Crippen molar-refractivity contribution in [3.63, 3.8) is 0 Å². The van der Waals surface area contributed by atoms with Gasteiger partial charge in [0.1, 0.15) is 0 Å². The van der Waals surface area contributed by atoms with Gasteiger partial charge in [-0.05, 0) is 55.7 Å². The number of carbonyl (C=O) groups is 4. The van der Waals surface area contributed by atoms with Gasteiger partial charge < -0.3 is 10.1 Å². The molecular formula is C24H22N2O5. The Kier molecular flexibility index (Phi) is 5.66. The van der Waals surface area contributed by atoms with E-state index in [0.29, 0.717) is 24.2 Å². The number of anilines is 2. The largest absolute Gasteiger partial charge is 0.452 e. The summed E-state index contributed by atoms with van der Waals surface area (Å²) < 4.78 is 5.11. The molecule has 31 heavy (non-hydrogen) atoms. The van der Waals surface area contributed by atoms with Crippen LogP contribution in [0.5, 0.6) is 0 Å². The molecule has 7 heteroatoms. The molecule has 2 aromatic rings. The minimum atomic E-state index is -0.709. The molecule has 0 aromatic heterocycles.